The van der Waals surface area contributed by atoms with E-state index in [9.17, 15) is 31.6 Å². The van der Waals surface area contributed by atoms with E-state index in [1.165, 1.54) is 0 Å². The molecule has 1 aliphatic rings. The third kappa shape index (κ3) is 1.09. The Morgan fingerprint density at radius 1 is 1.23 bits per heavy atom. The maximum Gasteiger partial charge on any atom is 0.363 e. The molecule has 0 radical (unpaired) electrons. The molecule has 0 unspecified atom stereocenters. The molecule has 1 rings (SSSR count). The van der Waals surface area contributed by atoms with Crippen LogP contribution in [0.15, 0.2) is 11.7 Å². The minimum Gasteiger partial charge on any atom is -0.266 e. The summed E-state index contributed by atoms with van der Waals surface area (Å²) in [5.74, 6) is -9.69. The summed E-state index contributed by atoms with van der Waals surface area (Å²) in [5, 5.41) is -1.53. The minimum absolute atomic E-state index is 1.53. The lowest BCUT2D eigenvalue weighted by Gasteiger charge is -2.02. The highest BCUT2D eigenvalue weighted by molar-refractivity contribution is 6.17. The first kappa shape index (κ1) is 9.62. The smallest absolute Gasteiger partial charge is 0.266 e. The van der Waals surface area contributed by atoms with E-state index in [0.29, 0.717) is 0 Å². The molecule has 1 saturated heterocycles. The summed E-state index contributed by atoms with van der Waals surface area (Å²) >= 11 is 0. The van der Waals surface area contributed by atoms with Crippen LogP contribution < -0.4 is 0 Å². The van der Waals surface area contributed by atoms with E-state index in [0.717, 1.165) is 0 Å². The molecule has 0 bridgehead atoms. The Morgan fingerprint density at radius 3 is 1.85 bits per heavy atom. The van der Waals surface area contributed by atoms with Crippen molar-refractivity contribution in [2.24, 2.45) is 0 Å². The highest BCUT2D eigenvalue weighted by Crippen LogP contribution is 2.37. The molecule has 0 N–H and O–H groups in total. The molecule has 8 heteroatoms. The molecule has 13 heavy (non-hydrogen) atoms. The van der Waals surface area contributed by atoms with Crippen LogP contribution in [0.4, 0.5) is 22.0 Å². The van der Waals surface area contributed by atoms with Crippen LogP contribution in [0, 0.1) is 0 Å². The fourth-order valence-corrected chi connectivity index (χ4v) is 0.754. The average molecular weight is 201 g/mol. The summed E-state index contributed by atoms with van der Waals surface area (Å²) in [6.45, 7) is 0. The second-order valence-corrected chi connectivity index (χ2v) is 2.10. The number of rotatable bonds is 0. The van der Waals surface area contributed by atoms with Crippen LogP contribution in [0.3, 0.4) is 0 Å². The van der Waals surface area contributed by atoms with E-state index >= 15 is 0 Å². The van der Waals surface area contributed by atoms with E-state index in [1.54, 1.807) is 0 Å². The Morgan fingerprint density at radius 2 is 1.69 bits per heavy atom. The largest absolute Gasteiger partial charge is 0.363 e. The average Bonchev–Trinajstić information content (AvgIpc) is 2.12. The van der Waals surface area contributed by atoms with Crippen molar-refractivity contribution in [2.75, 3.05) is 0 Å². The van der Waals surface area contributed by atoms with Gasteiger partial charge in [-0.05, 0) is 0 Å². The van der Waals surface area contributed by atoms with Gasteiger partial charge in [0.25, 0.3) is 12.0 Å². The van der Waals surface area contributed by atoms with Crippen molar-refractivity contribution in [3.05, 3.63) is 11.7 Å². The van der Waals surface area contributed by atoms with Gasteiger partial charge in [0.15, 0.2) is 5.57 Å². The van der Waals surface area contributed by atoms with Crippen molar-refractivity contribution in [2.45, 2.75) is 5.92 Å². The van der Waals surface area contributed by atoms with Crippen LogP contribution in [-0.4, -0.2) is 22.9 Å². The van der Waals surface area contributed by atoms with Gasteiger partial charge in [0.1, 0.15) is 0 Å². The zero-order chi connectivity index (χ0) is 10.4. The maximum absolute atomic E-state index is 12.4. The molecular formula is C5F5NO2. The van der Waals surface area contributed by atoms with Crippen molar-refractivity contribution < 1.29 is 31.6 Å². The van der Waals surface area contributed by atoms with E-state index < -0.39 is 34.5 Å². The van der Waals surface area contributed by atoms with Gasteiger partial charge in [0.05, 0.1) is 0 Å². The molecule has 72 valence electrons. The fraction of sp³-hybridized carbons (Fsp3) is 0.200. The van der Waals surface area contributed by atoms with Gasteiger partial charge in [-0.3, -0.25) is 9.59 Å². The molecule has 0 aromatic heterocycles. The number of amides is 2. The predicted molar refractivity (Wildman–Crippen MR) is 27.2 cm³/mol. The zero-order valence-electron chi connectivity index (χ0n) is 5.65. The topological polar surface area (TPSA) is 37.4 Å². The number of imide groups is 1. The van der Waals surface area contributed by atoms with Gasteiger partial charge in [0.2, 0.25) is 0 Å². The standard InChI is InChI=1S/C5F5NO2/c6-2(7)1-3(12)11(10)4(13)5(1,8)9. The van der Waals surface area contributed by atoms with E-state index in [-0.39, 0.29) is 0 Å². The molecule has 2 amide bonds. The highest BCUT2D eigenvalue weighted by atomic mass is 19.3. The number of alkyl halides is 2. The molecule has 0 aromatic carbocycles. The van der Waals surface area contributed by atoms with Crippen molar-refractivity contribution >= 4 is 11.8 Å². The summed E-state index contributed by atoms with van der Waals surface area (Å²) < 4.78 is 60.2. The van der Waals surface area contributed by atoms with Crippen molar-refractivity contribution in [3.8, 4) is 0 Å². The Labute approximate surface area is 67.3 Å². The Kier molecular flexibility index (Phi) is 1.85. The van der Waals surface area contributed by atoms with E-state index in [2.05, 4.69) is 0 Å². The zero-order valence-corrected chi connectivity index (χ0v) is 5.65. The molecule has 0 spiro atoms. The highest BCUT2D eigenvalue weighted by Gasteiger charge is 2.61. The van der Waals surface area contributed by atoms with Crippen molar-refractivity contribution in [3.63, 3.8) is 0 Å². The third-order valence-electron chi connectivity index (χ3n) is 1.34. The number of carbonyl (C=O) groups excluding carboxylic acids is 2. The van der Waals surface area contributed by atoms with Crippen LogP contribution >= 0.6 is 0 Å². The molecule has 0 saturated carbocycles. The number of carbonyl (C=O) groups is 2. The number of hydrogen-bond acceptors (Lipinski definition) is 2. The van der Waals surface area contributed by atoms with Gasteiger partial charge in [-0.15, -0.1) is 0 Å². The molecule has 0 atom stereocenters. The van der Waals surface area contributed by atoms with Gasteiger partial charge in [-0.2, -0.15) is 17.6 Å². The SMILES string of the molecule is O=C1C(=C(F)F)C(F)(F)C(=O)N1F. The normalized spacial score (nSPS) is 21.3. The molecule has 0 aromatic rings. The predicted octanol–water partition coefficient (Wildman–Crippen LogP) is 1.03. The lowest BCUT2D eigenvalue weighted by molar-refractivity contribution is -0.163. The first-order chi connectivity index (χ1) is 5.80. The second kappa shape index (κ2) is 2.51. The third-order valence-corrected chi connectivity index (χ3v) is 1.34. The van der Waals surface area contributed by atoms with Crippen LogP contribution in [-0.2, 0) is 9.59 Å². The first-order valence-corrected chi connectivity index (χ1v) is 2.78. The number of hydrogen-bond donors (Lipinski definition) is 0. The van der Waals surface area contributed by atoms with Crippen molar-refractivity contribution in [1.82, 2.24) is 5.12 Å². The molecule has 1 fully saturated rings. The molecule has 1 aliphatic heterocycles. The van der Waals surface area contributed by atoms with Crippen LogP contribution in [0.2, 0.25) is 0 Å². The first-order valence-electron chi connectivity index (χ1n) is 2.78. The Hall–Kier alpha value is -1.47. The minimum atomic E-state index is -4.77. The van der Waals surface area contributed by atoms with Crippen LogP contribution in [0.1, 0.15) is 0 Å². The van der Waals surface area contributed by atoms with Crippen LogP contribution in [0.25, 0.3) is 0 Å². The van der Waals surface area contributed by atoms with E-state index in [4.69, 9.17) is 0 Å². The van der Waals surface area contributed by atoms with Crippen molar-refractivity contribution in [1.29, 1.82) is 0 Å². The monoisotopic (exact) mass is 201 g/mol. The van der Waals surface area contributed by atoms with Crippen LogP contribution in [0.5, 0.6) is 0 Å². The van der Waals surface area contributed by atoms with Gasteiger partial charge in [0, 0.05) is 0 Å². The summed E-state index contributed by atoms with van der Waals surface area (Å²) in [6.07, 6.45) is -3.07. The van der Waals surface area contributed by atoms with E-state index in [1.807, 2.05) is 0 Å². The summed E-state index contributed by atoms with van der Waals surface area (Å²) in [4.78, 5) is 20.4. The summed E-state index contributed by atoms with van der Waals surface area (Å²) in [5.41, 5.74) is -2.40. The quantitative estimate of drug-likeness (QED) is 0.254. The maximum atomic E-state index is 12.4. The molecule has 3 nitrogen and oxygen atoms in total. The lowest BCUT2D eigenvalue weighted by Crippen LogP contribution is -2.29. The van der Waals surface area contributed by atoms with Gasteiger partial charge < -0.3 is 0 Å². The summed E-state index contributed by atoms with van der Waals surface area (Å²) in [6, 6.07) is 0. The molecule has 0 aliphatic carbocycles. The number of halogens is 5. The second-order valence-electron chi connectivity index (χ2n) is 2.10. The molecular weight excluding hydrogens is 201 g/mol. The fourth-order valence-electron chi connectivity index (χ4n) is 0.754. The lowest BCUT2D eigenvalue weighted by atomic mass is 10.2. The van der Waals surface area contributed by atoms with Gasteiger partial charge in [-0.1, -0.05) is 9.60 Å². The Balaban J connectivity index is 3.35. The molecule has 1 heterocycles. The van der Waals surface area contributed by atoms with Gasteiger partial charge in [-0.25, -0.2) is 0 Å². The summed E-state index contributed by atoms with van der Waals surface area (Å²) in [7, 11) is 0. The number of nitrogens with zero attached hydrogens (tertiary/aromatic N) is 1. The Bertz CT molecular complexity index is 319. The van der Waals surface area contributed by atoms with Gasteiger partial charge >= 0.3 is 11.8 Å².